The zero-order valence-electron chi connectivity index (χ0n) is 28.7. The van der Waals surface area contributed by atoms with Crippen LogP contribution in [0.2, 0.25) is 6.04 Å². The topological polar surface area (TPSA) is 81.5 Å². The number of ether oxygens (including phenoxy) is 1. The largest absolute Gasteiger partial charge is 0.466 e. The number of alkyl halides is 1. The van der Waals surface area contributed by atoms with Crippen LogP contribution in [0.4, 0.5) is 13.2 Å². The number of esters is 1. The highest BCUT2D eigenvalue weighted by Gasteiger charge is 2.30. The maximum atomic E-state index is 15.6. The van der Waals surface area contributed by atoms with E-state index in [1.807, 2.05) is 50.8 Å². The molecule has 0 saturated carbocycles. The summed E-state index contributed by atoms with van der Waals surface area (Å²) in [5.41, 5.74) is 3.20. The number of hydrogen-bond donors (Lipinski definition) is 0. The lowest BCUT2D eigenvalue weighted by Gasteiger charge is -2.34. The average molecular weight is 682 g/mol. The van der Waals surface area contributed by atoms with Crippen LogP contribution in [0.3, 0.4) is 0 Å². The Morgan fingerprint density at radius 1 is 1.06 bits per heavy atom. The van der Waals surface area contributed by atoms with E-state index in [4.69, 9.17) is 4.74 Å². The Morgan fingerprint density at radius 3 is 2.38 bits per heavy atom. The first kappa shape index (κ1) is 37.2. The van der Waals surface area contributed by atoms with Crippen molar-refractivity contribution < 1.29 is 27.5 Å². The Bertz CT molecular complexity index is 1650. The standard InChI is InChI=1S/C37H46F3N3O4Si/c1-7-47-34(46)18-26(29-16-27(17-30(39)36(29)40)35-23(4)9-8-10-24(35)5)11-12-32(44)37(48-21-22(2)3)43-33(45)15-25(6)31(41-43)13-14-42-19-28(38)20-42/h8-10,15-17,22,26,28,37H,7,11-14,18-21H2,1-6H3/t26-,37-/m0/s1. The zero-order valence-corrected chi connectivity index (χ0v) is 29.7. The molecule has 2 atom stereocenters. The summed E-state index contributed by atoms with van der Waals surface area (Å²) in [4.78, 5) is 42.0. The molecule has 11 heteroatoms. The molecular formula is C37H46F3N3O4Si. The summed E-state index contributed by atoms with van der Waals surface area (Å²) >= 11 is 0. The van der Waals surface area contributed by atoms with E-state index < -0.39 is 40.9 Å². The third-order valence-corrected chi connectivity index (χ3v) is 10.8. The minimum Gasteiger partial charge on any atom is -0.466 e. The Labute approximate surface area is 283 Å². The molecule has 3 aromatic rings. The predicted molar refractivity (Wildman–Crippen MR) is 182 cm³/mol. The summed E-state index contributed by atoms with van der Waals surface area (Å²) in [7, 11) is 0.0592. The molecule has 1 aliphatic rings. The van der Waals surface area contributed by atoms with Crippen molar-refractivity contribution in [1.82, 2.24) is 14.7 Å². The third-order valence-electron chi connectivity index (χ3n) is 8.82. The molecule has 1 saturated heterocycles. The summed E-state index contributed by atoms with van der Waals surface area (Å²) < 4.78 is 50.6. The van der Waals surface area contributed by atoms with E-state index in [-0.39, 0.29) is 52.7 Å². The molecule has 0 unspecified atom stereocenters. The second kappa shape index (κ2) is 16.7. The van der Waals surface area contributed by atoms with Gasteiger partial charge in [0.2, 0.25) is 0 Å². The minimum absolute atomic E-state index is 0.00381. The highest BCUT2D eigenvalue weighted by Crippen LogP contribution is 2.36. The van der Waals surface area contributed by atoms with Gasteiger partial charge in [-0.1, -0.05) is 38.1 Å². The fourth-order valence-corrected chi connectivity index (χ4v) is 7.65. The number of carbonyl (C=O) groups is 2. The normalized spacial score (nSPS) is 15.0. The van der Waals surface area contributed by atoms with Crippen molar-refractivity contribution >= 4 is 21.3 Å². The molecule has 0 amide bonds. The van der Waals surface area contributed by atoms with Crippen LogP contribution in [0.1, 0.15) is 79.6 Å². The van der Waals surface area contributed by atoms with Crippen molar-refractivity contribution in [3.63, 3.8) is 0 Å². The van der Waals surface area contributed by atoms with Crippen molar-refractivity contribution in [3.8, 4) is 11.1 Å². The van der Waals surface area contributed by atoms with Crippen LogP contribution in [0.25, 0.3) is 11.1 Å². The number of hydrogen-bond acceptors (Lipinski definition) is 6. The number of rotatable bonds is 16. The van der Waals surface area contributed by atoms with Crippen LogP contribution in [0.5, 0.6) is 0 Å². The maximum Gasteiger partial charge on any atom is 0.306 e. The van der Waals surface area contributed by atoms with Crippen molar-refractivity contribution in [1.29, 1.82) is 0 Å². The van der Waals surface area contributed by atoms with E-state index in [1.165, 1.54) is 10.7 Å². The average Bonchev–Trinajstić information content (AvgIpc) is 3.00. The fourth-order valence-electron chi connectivity index (χ4n) is 6.23. The summed E-state index contributed by atoms with van der Waals surface area (Å²) in [5, 5.41) is 4.65. The molecule has 2 radical (unpaired) electrons. The molecule has 48 heavy (non-hydrogen) atoms. The lowest BCUT2D eigenvalue weighted by molar-refractivity contribution is -0.143. The number of aromatic nitrogens is 2. The molecule has 0 bridgehead atoms. The van der Waals surface area contributed by atoms with Gasteiger partial charge < -0.3 is 4.74 Å². The van der Waals surface area contributed by atoms with Gasteiger partial charge in [0.05, 0.1) is 33.9 Å². The highest BCUT2D eigenvalue weighted by atomic mass is 28.2. The summed E-state index contributed by atoms with van der Waals surface area (Å²) in [6.45, 7) is 12.8. The van der Waals surface area contributed by atoms with Crippen LogP contribution < -0.4 is 5.56 Å². The number of benzene rings is 2. The highest BCUT2D eigenvalue weighted by molar-refractivity contribution is 6.43. The van der Waals surface area contributed by atoms with Gasteiger partial charge in [-0.25, -0.2) is 17.9 Å². The van der Waals surface area contributed by atoms with E-state index in [0.29, 0.717) is 48.9 Å². The maximum absolute atomic E-state index is 15.6. The van der Waals surface area contributed by atoms with E-state index in [9.17, 15) is 18.8 Å². The van der Waals surface area contributed by atoms with E-state index in [2.05, 4.69) is 5.10 Å². The molecule has 2 heterocycles. The van der Waals surface area contributed by atoms with Crippen LogP contribution in [0, 0.1) is 38.3 Å². The number of ketones is 1. The van der Waals surface area contributed by atoms with Crippen LogP contribution in [-0.4, -0.2) is 68.4 Å². The number of aryl methyl sites for hydroxylation is 3. The van der Waals surface area contributed by atoms with Gasteiger partial charge in [0, 0.05) is 38.5 Å². The van der Waals surface area contributed by atoms with Gasteiger partial charge >= 0.3 is 5.97 Å². The molecule has 2 aromatic carbocycles. The SMILES string of the molecule is CCOC(=O)C[C@H](CCC(=O)[C@H]([Si]CC(C)C)n1nc(CCN2CC(F)C2)c(C)cc1=O)c1cc(-c2c(C)cccc2C)cc(F)c1F. The van der Waals surface area contributed by atoms with E-state index >= 15 is 8.78 Å². The lowest BCUT2D eigenvalue weighted by Crippen LogP contribution is -2.49. The molecule has 0 N–H and O–H groups in total. The molecular weight excluding hydrogens is 636 g/mol. The van der Waals surface area contributed by atoms with Crippen molar-refractivity contribution in [2.45, 2.75) is 91.0 Å². The van der Waals surface area contributed by atoms with Gasteiger partial charge in [0.25, 0.3) is 5.56 Å². The smallest absolute Gasteiger partial charge is 0.306 e. The van der Waals surface area contributed by atoms with E-state index in [1.54, 1.807) is 19.9 Å². The first-order valence-electron chi connectivity index (χ1n) is 16.7. The lowest BCUT2D eigenvalue weighted by atomic mass is 9.86. The fraction of sp³-hybridized carbons (Fsp3) is 0.514. The summed E-state index contributed by atoms with van der Waals surface area (Å²) in [6.07, 6.45) is -0.595. The van der Waals surface area contributed by atoms with Gasteiger partial charge in [-0.05, 0) is 91.5 Å². The molecule has 1 fully saturated rings. The molecule has 7 nitrogen and oxygen atoms in total. The van der Waals surface area contributed by atoms with Crippen molar-refractivity contribution in [2.75, 3.05) is 26.2 Å². The first-order chi connectivity index (χ1) is 22.8. The van der Waals surface area contributed by atoms with Gasteiger partial charge in [-0.15, -0.1) is 0 Å². The van der Waals surface area contributed by atoms with Gasteiger partial charge in [-0.3, -0.25) is 19.3 Å². The molecule has 0 aliphatic carbocycles. The van der Waals surface area contributed by atoms with Crippen LogP contribution in [0.15, 0.2) is 41.2 Å². The number of Topliss-reactive ketones (excluding diaryl/α,β-unsaturated/α-hetero) is 1. The Balaban J connectivity index is 1.65. The molecule has 0 spiro atoms. The third kappa shape index (κ3) is 9.31. The molecule has 4 rings (SSSR count). The molecule has 1 aliphatic heterocycles. The zero-order chi connectivity index (χ0) is 35.1. The Hall–Kier alpha value is -3.57. The minimum atomic E-state index is -1.06. The summed E-state index contributed by atoms with van der Waals surface area (Å²) in [5.74, 6) is -3.53. The predicted octanol–water partition coefficient (Wildman–Crippen LogP) is 6.67. The summed E-state index contributed by atoms with van der Waals surface area (Å²) in [6, 6.07) is 10.6. The van der Waals surface area contributed by atoms with Crippen molar-refractivity contribution in [2.24, 2.45) is 5.92 Å². The Morgan fingerprint density at radius 2 is 1.75 bits per heavy atom. The second-order valence-corrected chi connectivity index (χ2v) is 14.6. The molecule has 1 aromatic heterocycles. The quantitative estimate of drug-likeness (QED) is 0.124. The van der Waals surface area contributed by atoms with Gasteiger partial charge in [-0.2, -0.15) is 5.10 Å². The van der Waals surface area contributed by atoms with Gasteiger partial charge in [0.1, 0.15) is 6.17 Å². The number of halogens is 3. The van der Waals surface area contributed by atoms with Crippen LogP contribution >= 0.6 is 0 Å². The number of nitrogens with zero attached hydrogens (tertiary/aromatic N) is 3. The number of carbonyl (C=O) groups excluding carboxylic acids is 2. The van der Waals surface area contributed by atoms with Gasteiger partial charge in [0.15, 0.2) is 17.4 Å². The van der Waals surface area contributed by atoms with Crippen LogP contribution in [-0.2, 0) is 20.7 Å². The second-order valence-electron chi connectivity index (χ2n) is 13.2. The Kier molecular flexibility index (Phi) is 13.0. The first-order valence-corrected chi connectivity index (χ1v) is 18.0. The number of likely N-dealkylation sites (tertiary alicyclic amines) is 1. The van der Waals surface area contributed by atoms with E-state index in [0.717, 1.165) is 22.8 Å². The molecule has 258 valence electrons. The monoisotopic (exact) mass is 681 g/mol. The van der Waals surface area contributed by atoms with Crippen molar-refractivity contribution in [3.05, 3.63) is 86.3 Å².